The number of thioether (sulfide) groups is 2. The van der Waals surface area contributed by atoms with Gasteiger partial charge in [-0.25, -0.2) is 9.59 Å². The van der Waals surface area contributed by atoms with Crippen molar-refractivity contribution in [1.82, 2.24) is 20.4 Å². The van der Waals surface area contributed by atoms with Crippen LogP contribution in [0.3, 0.4) is 0 Å². The number of carboxylic acids is 1. The highest BCUT2D eigenvalue weighted by Gasteiger charge is 2.60. The first-order valence-electron chi connectivity index (χ1n) is 11.5. The highest BCUT2D eigenvalue weighted by atomic mass is 32.2. The van der Waals surface area contributed by atoms with E-state index in [2.05, 4.69) is 15.8 Å². The number of aliphatic carboxylic acids is 1. The van der Waals surface area contributed by atoms with Gasteiger partial charge in [-0.1, -0.05) is 12.1 Å². The number of aliphatic hydroxyl groups excluding tert-OH is 1. The molecule has 4 aliphatic heterocycles. The number of nitrogens with one attached hydrogen (secondary N) is 2. The summed E-state index contributed by atoms with van der Waals surface area (Å²) in [6, 6.07) is -0.646. The van der Waals surface area contributed by atoms with Crippen LogP contribution in [-0.2, 0) is 9.59 Å². The van der Waals surface area contributed by atoms with E-state index in [0.29, 0.717) is 37.4 Å². The number of oxime groups is 1. The molecule has 4 rings (SSSR count). The third kappa shape index (κ3) is 4.75. The Hall–Kier alpha value is -1.96. The minimum atomic E-state index is -1.13. The maximum absolute atomic E-state index is 12.5. The normalized spacial score (nSPS) is 32.5. The molecule has 0 aromatic heterocycles. The number of rotatable bonds is 6. The molecule has 3 saturated heterocycles. The maximum atomic E-state index is 12.5. The van der Waals surface area contributed by atoms with Crippen molar-refractivity contribution in [2.24, 2.45) is 17.0 Å². The van der Waals surface area contributed by atoms with E-state index in [1.807, 2.05) is 6.92 Å². The molecule has 0 bridgehead atoms. The Morgan fingerprint density at radius 2 is 2.06 bits per heavy atom. The molecule has 0 aromatic rings. The predicted molar refractivity (Wildman–Crippen MR) is 129 cm³/mol. The third-order valence-corrected chi connectivity index (χ3v) is 9.35. The van der Waals surface area contributed by atoms with E-state index in [0.717, 1.165) is 11.5 Å². The lowest BCUT2D eigenvalue weighted by Crippen LogP contribution is -2.63. The summed E-state index contributed by atoms with van der Waals surface area (Å²) in [7, 11) is 0. The molecule has 0 unspecified atom stereocenters. The quantitative estimate of drug-likeness (QED) is 0.113. The molecule has 0 radical (unpaired) electrons. The van der Waals surface area contributed by atoms with E-state index in [1.165, 1.54) is 16.7 Å². The van der Waals surface area contributed by atoms with Gasteiger partial charge >= 0.3 is 12.0 Å². The van der Waals surface area contributed by atoms with Crippen molar-refractivity contribution in [1.29, 1.82) is 0 Å². The van der Waals surface area contributed by atoms with Crippen LogP contribution in [0, 0.1) is 11.8 Å². The SMILES string of the molecule is C[C@@H](O)[C@@H]1C(=O)N2C(C(=O)O)=C(S[C@@H]3CN[C@H](C/C(=N/O)NC(=O)N4CCSCC4)C3)[C@H](C)[C@H]12. The van der Waals surface area contributed by atoms with Crippen LogP contribution in [0.15, 0.2) is 15.8 Å². The lowest BCUT2D eigenvalue weighted by molar-refractivity contribution is -0.163. The number of urea groups is 1. The summed E-state index contributed by atoms with van der Waals surface area (Å²) < 4.78 is 0. The van der Waals surface area contributed by atoms with Gasteiger partial charge < -0.3 is 30.5 Å². The Morgan fingerprint density at radius 3 is 2.68 bits per heavy atom. The molecule has 13 heteroatoms. The molecule has 34 heavy (non-hydrogen) atoms. The second kappa shape index (κ2) is 10.3. The van der Waals surface area contributed by atoms with Crippen molar-refractivity contribution < 1.29 is 29.8 Å². The van der Waals surface area contributed by atoms with Gasteiger partial charge in [0.2, 0.25) is 5.91 Å². The first kappa shape index (κ1) is 25.1. The average molecular weight is 514 g/mol. The minimum Gasteiger partial charge on any atom is -0.477 e. The lowest BCUT2D eigenvalue weighted by Gasteiger charge is -2.46. The molecule has 3 fully saturated rings. The first-order valence-corrected chi connectivity index (χ1v) is 13.5. The highest BCUT2D eigenvalue weighted by Crippen LogP contribution is 2.51. The van der Waals surface area contributed by atoms with Crippen molar-refractivity contribution in [3.8, 4) is 0 Å². The van der Waals surface area contributed by atoms with E-state index in [9.17, 15) is 29.8 Å². The van der Waals surface area contributed by atoms with E-state index in [4.69, 9.17) is 0 Å². The summed E-state index contributed by atoms with van der Waals surface area (Å²) in [6.45, 7) is 5.40. The fourth-order valence-electron chi connectivity index (χ4n) is 5.20. The van der Waals surface area contributed by atoms with E-state index in [1.54, 1.807) is 23.6 Å². The molecule has 0 saturated carbocycles. The minimum absolute atomic E-state index is 0.0254. The molecular formula is C21H31N5O6S2. The zero-order valence-electron chi connectivity index (χ0n) is 19.1. The molecule has 5 N–H and O–H groups in total. The van der Waals surface area contributed by atoms with Crippen LogP contribution in [0.5, 0.6) is 0 Å². The Kier molecular flexibility index (Phi) is 7.65. The van der Waals surface area contributed by atoms with Crippen molar-refractivity contribution in [3.63, 3.8) is 0 Å². The number of hydrogen-bond acceptors (Lipinski definition) is 9. The number of carboxylic acid groups (broad SMARTS) is 1. The van der Waals surface area contributed by atoms with Gasteiger partial charge in [-0.3, -0.25) is 10.1 Å². The van der Waals surface area contributed by atoms with Gasteiger partial charge in [0.1, 0.15) is 5.70 Å². The van der Waals surface area contributed by atoms with E-state index < -0.39 is 18.0 Å². The van der Waals surface area contributed by atoms with Crippen LogP contribution in [0.1, 0.15) is 26.7 Å². The predicted octanol–water partition coefficient (Wildman–Crippen LogP) is 0.540. The molecule has 11 nitrogen and oxygen atoms in total. The average Bonchev–Trinajstić information content (AvgIpc) is 3.34. The zero-order chi connectivity index (χ0) is 24.6. The van der Waals surface area contributed by atoms with Crippen molar-refractivity contribution in [3.05, 3.63) is 10.6 Å². The summed E-state index contributed by atoms with van der Waals surface area (Å²) in [6.07, 6.45) is 0.185. The summed E-state index contributed by atoms with van der Waals surface area (Å²) in [5.41, 5.74) is 0.0254. The van der Waals surface area contributed by atoms with Gasteiger partial charge in [-0.2, -0.15) is 11.8 Å². The monoisotopic (exact) mass is 513 g/mol. The van der Waals surface area contributed by atoms with E-state index >= 15 is 0 Å². The maximum Gasteiger partial charge on any atom is 0.353 e. The molecule has 0 spiro atoms. The molecule has 4 heterocycles. The topological polar surface area (TPSA) is 155 Å². The number of carbonyl (C=O) groups is 3. The van der Waals surface area contributed by atoms with Crippen LogP contribution in [0.2, 0.25) is 0 Å². The standard InChI is InChI=1S/C21H31N5O6S2/c1-10-16-15(11(2)27)19(28)26(16)17(20(29)30)18(10)34-13-7-12(22-9-13)8-14(24-32)23-21(31)25-3-5-33-6-4-25/h10-13,15-16,22,27,32H,3-9H2,1-2H3,(H,29,30)(H,23,24,31)/t10-,11-,12+,13+,15+,16-/m1/s1. The van der Waals surface area contributed by atoms with E-state index in [-0.39, 0.29) is 46.7 Å². The largest absolute Gasteiger partial charge is 0.477 e. The number of carbonyl (C=O) groups excluding carboxylic acids is 2. The molecule has 0 aliphatic carbocycles. The number of amides is 3. The van der Waals surface area contributed by atoms with Crippen LogP contribution >= 0.6 is 23.5 Å². The third-order valence-electron chi connectivity index (χ3n) is 6.90. The van der Waals surface area contributed by atoms with Crippen LogP contribution in [0.4, 0.5) is 4.79 Å². The number of nitrogens with zero attached hydrogens (tertiary/aromatic N) is 3. The Bertz CT molecular complexity index is 906. The molecule has 4 aliphatic rings. The van der Waals surface area contributed by atoms with Gasteiger partial charge in [0, 0.05) is 59.7 Å². The second-order valence-corrected chi connectivity index (χ2v) is 11.7. The van der Waals surface area contributed by atoms with Crippen LogP contribution < -0.4 is 10.6 Å². The van der Waals surface area contributed by atoms with Crippen LogP contribution in [-0.4, -0.2) is 104 Å². The molecule has 0 aromatic carbocycles. The number of aliphatic hydroxyl groups is 1. The highest BCUT2D eigenvalue weighted by molar-refractivity contribution is 8.03. The van der Waals surface area contributed by atoms with Gasteiger partial charge in [-0.15, -0.1) is 11.8 Å². The van der Waals surface area contributed by atoms with Gasteiger partial charge in [0.15, 0.2) is 5.84 Å². The number of β-lactam (4-membered cyclic amide) rings is 1. The zero-order valence-corrected chi connectivity index (χ0v) is 20.8. The van der Waals surface area contributed by atoms with Gasteiger partial charge in [0.05, 0.1) is 18.1 Å². The van der Waals surface area contributed by atoms with Crippen molar-refractivity contribution in [2.45, 2.75) is 50.1 Å². The van der Waals surface area contributed by atoms with Crippen molar-refractivity contribution in [2.75, 3.05) is 31.1 Å². The summed E-state index contributed by atoms with van der Waals surface area (Å²) >= 11 is 3.26. The summed E-state index contributed by atoms with van der Waals surface area (Å²) in [5, 5.41) is 38.6. The second-order valence-electron chi connectivity index (χ2n) is 9.13. The Morgan fingerprint density at radius 1 is 1.35 bits per heavy atom. The number of amidine groups is 1. The van der Waals surface area contributed by atoms with Gasteiger partial charge in [0.25, 0.3) is 0 Å². The smallest absolute Gasteiger partial charge is 0.353 e. The number of hydrogen-bond donors (Lipinski definition) is 5. The summed E-state index contributed by atoms with van der Waals surface area (Å²) in [4.78, 5) is 40.6. The van der Waals surface area contributed by atoms with Gasteiger partial charge in [-0.05, 0) is 13.3 Å². The fourth-order valence-corrected chi connectivity index (χ4v) is 7.63. The number of fused-ring (bicyclic) bond motifs is 1. The molecule has 3 amide bonds. The fraction of sp³-hybridized carbons (Fsp3) is 0.714. The summed E-state index contributed by atoms with van der Waals surface area (Å²) in [5.74, 6) is -0.265. The molecular weight excluding hydrogens is 482 g/mol. The Balaban J connectivity index is 1.36. The van der Waals surface area contributed by atoms with Crippen LogP contribution in [0.25, 0.3) is 0 Å². The molecule has 6 atom stereocenters. The first-order chi connectivity index (χ1) is 16.2. The lowest BCUT2D eigenvalue weighted by atomic mass is 9.79. The molecule has 188 valence electrons. The Labute approximate surface area is 206 Å². The van der Waals surface area contributed by atoms with Crippen molar-refractivity contribution >= 4 is 47.3 Å².